The van der Waals surface area contributed by atoms with Gasteiger partial charge in [-0.25, -0.2) is 0 Å². The number of nitrogens with zero attached hydrogens (tertiary/aromatic N) is 1. The quantitative estimate of drug-likeness (QED) is 0.374. The van der Waals surface area contributed by atoms with Crippen LogP contribution in [0.5, 0.6) is 0 Å². The lowest BCUT2D eigenvalue weighted by Crippen LogP contribution is -1.98. The van der Waals surface area contributed by atoms with Crippen LogP contribution in [0.15, 0.2) is 54.7 Å². The van der Waals surface area contributed by atoms with E-state index in [1.165, 1.54) is 30.0 Å². The summed E-state index contributed by atoms with van der Waals surface area (Å²) in [6.07, 6.45) is 3.85. The molecule has 2 aromatic rings. The van der Waals surface area contributed by atoms with Crippen molar-refractivity contribution >= 4 is 17.2 Å². The molecule has 0 atom stereocenters. The van der Waals surface area contributed by atoms with Gasteiger partial charge in [0.15, 0.2) is 5.78 Å². The number of hydrogen-bond donors (Lipinski definition) is 1. The van der Waals surface area contributed by atoms with Gasteiger partial charge in [0.25, 0.3) is 5.69 Å². The number of hydrogen-bond acceptors (Lipinski definition) is 4. The maximum absolute atomic E-state index is 12.1. The standard InChI is InChI=1S/C18H18N2O3/c1-3-14-5-7-15(8-6-14)18(21)10-11-19-17-12-16(20(22)23)9-4-13(17)2/h4-12,19H,3H2,1-2H3/b11-10+. The van der Waals surface area contributed by atoms with Gasteiger partial charge in [0.2, 0.25) is 0 Å². The highest BCUT2D eigenvalue weighted by molar-refractivity contribution is 6.04. The Morgan fingerprint density at radius 1 is 1.22 bits per heavy atom. The molecular weight excluding hydrogens is 292 g/mol. The Hall–Kier alpha value is -2.95. The summed E-state index contributed by atoms with van der Waals surface area (Å²) in [4.78, 5) is 22.4. The number of carbonyl (C=O) groups excluding carboxylic acids is 1. The fourth-order valence-electron chi connectivity index (χ4n) is 2.09. The van der Waals surface area contributed by atoms with Crippen molar-refractivity contribution in [2.45, 2.75) is 20.3 Å². The first-order valence-corrected chi connectivity index (χ1v) is 7.32. The number of carbonyl (C=O) groups is 1. The van der Waals surface area contributed by atoms with Gasteiger partial charge in [-0.15, -0.1) is 0 Å². The molecule has 0 saturated carbocycles. The maximum atomic E-state index is 12.1. The molecule has 2 aromatic carbocycles. The summed E-state index contributed by atoms with van der Waals surface area (Å²) >= 11 is 0. The molecule has 5 heteroatoms. The number of anilines is 1. The second-order valence-corrected chi connectivity index (χ2v) is 5.15. The monoisotopic (exact) mass is 310 g/mol. The molecule has 0 radical (unpaired) electrons. The molecule has 0 unspecified atom stereocenters. The summed E-state index contributed by atoms with van der Waals surface area (Å²) in [6, 6.07) is 12.0. The van der Waals surface area contributed by atoms with Crippen LogP contribution < -0.4 is 5.32 Å². The Morgan fingerprint density at radius 3 is 2.52 bits per heavy atom. The molecule has 118 valence electrons. The minimum absolute atomic E-state index is 0.00739. The number of nitro benzene ring substituents is 1. The number of aryl methyl sites for hydroxylation is 2. The van der Waals surface area contributed by atoms with Gasteiger partial charge in [0.1, 0.15) is 0 Å². The molecule has 0 aliphatic rings. The highest BCUT2D eigenvalue weighted by Crippen LogP contribution is 2.21. The van der Waals surface area contributed by atoms with Crippen molar-refractivity contribution in [1.29, 1.82) is 0 Å². The summed E-state index contributed by atoms with van der Waals surface area (Å²) in [5.41, 5.74) is 3.25. The van der Waals surface area contributed by atoms with Crippen LogP contribution in [0.2, 0.25) is 0 Å². The van der Waals surface area contributed by atoms with E-state index in [2.05, 4.69) is 12.2 Å². The van der Waals surface area contributed by atoms with Gasteiger partial charge in [0.05, 0.1) is 4.92 Å². The summed E-state index contributed by atoms with van der Waals surface area (Å²) in [7, 11) is 0. The van der Waals surface area contributed by atoms with E-state index in [1.54, 1.807) is 18.2 Å². The minimum atomic E-state index is -0.450. The Kier molecular flexibility index (Phi) is 5.25. The van der Waals surface area contributed by atoms with E-state index < -0.39 is 4.92 Å². The average molecular weight is 310 g/mol. The zero-order valence-electron chi connectivity index (χ0n) is 13.1. The third kappa shape index (κ3) is 4.26. The van der Waals surface area contributed by atoms with Crippen molar-refractivity contribution < 1.29 is 9.72 Å². The van der Waals surface area contributed by atoms with Crippen LogP contribution in [-0.4, -0.2) is 10.7 Å². The average Bonchev–Trinajstić information content (AvgIpc) is 2.56. The fourth-order valence-corrected chi connectivity index (χ4v) is 2.09. The van der Waals surface area contributed by atoms with Gasteiger partial charge < -0.3 is 5.32 Å². The predicted molar refractivity (Wildman–Crippen MR) is 90.7 cm³/mol. The van der Waals surface area contributed by atoms with Crippen molar-refractivity contribution in [3.05, 3.63) is 81.5 Å². The smallest absolute Gasteiger partial charge is 0.271 e. The molecule has 0 fully saturated rings. The van der Waals surface area contributed by atoms with Crippen LogP contribution in [0.1, 0.15) is 28.4 Å². The van der Waals surface area contributed by atoms with Crippen LogP contribution in [0, 0.1) is 17.0 Å². The highest BCUT2D eigenvalue weighted by Gasteiger charge is 2.07. The van der Waals surface area contributed by atoms with E-state index in [9.17, 15) is 14.9 Å². The molecule has 0 aliphatic heterocycles. The largest absolute Gasteiger partial charge is 0.361 e. The normalized spacial score (nSPS) is 10.7. The number of nitrogens with one attached hydrogen (secondary N) is 1. The van der Waals surface area contributed by atoms with Gasteiger partial charge in [-0.05, 0) is 24.5 Å². The van der Waals surface area contributed by atoms with Gasteiger partial charge in [-0.2, -0.15) is 0 Å². The SMILES string of the molecule is CCc1ccc(C(=O)/C=C/Nc2cc([N+](=O)[O-])ccc2C)cc1. The lowest BCUT2D eigenvalue weighted by Gasteiger charge is -2.05. The highest BCUT2D eigenvalue weighted by atomic mass is 16.6. The van der Waals surface area contributed by atoms with Crippen LogP contribution in [0.25, 0.3) is 0 Å². The zero-order valence-corrected chi connectivity index (χ0v) is 13.1. The maximum Gasteiger partial charge on any atom is 0.271 e. The molecule has 5 nitrogen and oxygen atoms in total. The third-order valence-electron chi connectivity index (χ3n) is 3.55. The zero-order chi connectivity index (χ0) is 16.8. The first-order chi connectivity index (χ1) is 11.0. The number of nitro groups is 1. The molecule has 1 N–H and O–H groups in total. The fraction of sp³-hybridized carbons (Fsp3) is 0.167. The molecular formula is C18H18N2O3. The van der Waals surface area contributed by atoms with Crippen LogP contribution in [0.3, 0.4) is 0 Å². The van der Waals surface area contributed by atoms with E-state index in [1.807, 2.05) is 19.1 Å². The molecule has 0 amide bonds. The van der Waals surface area contributed by atoms with Crippen molar-refractivity contribution in [2.24, 2.45) is 0 Å². The topological polar surface area (TPSA) is 72.2 Å². The Labute approximate surface area is 134 Å². The molecule has 0 aliphatic carbocycles. The molecule has 0 saturated heterocycles. The van der Waals surface area contributed by atoms with Crippen molar-refractivity contribution in [3.8, 4) is 0 Å². The van der Waals surface area contributed by atoms with Gasteiger partial charge in [-0.3, -0.25) is 14.9 Å². The van der Waals surface area contributed by atoms with E-state index >= 15 is 0 Å². The number of ketones is 1. The van der Waals surface area contributed by atoms with Gasteiger partial charge in [0, 0.05) is 35.7 Å². The molecule has 0 aromatic heterocycles. The van der Waals surface area contributed by atoms with Crippen LogP contribution >= 0.6 is 0 Å². The molecule has 0 heterocycles. The Bertz CT molecular complexity index is 749. The first-order valence-electron chi connectivity index (χ1n) is 7.32. The van der Waals surface area contributed by atoms with Crippen molar-refractivity contribution in [2.75, 3.05) is 5.32 Å². The number of allylic oxidation sites excluding steroid dienone is 1. The lowest BCUT2D eigenvalue weighted by atomic mass is 10.1. The van der Waals surface area contributed by atoms with Crippen LogP contribution in [0.4, 0.5) is 11.4 Å². The van der Waals surface area contributed by atoms with E-state index in [-0.39, 0.29) is 11.5 Å². The Morgan fingerprint density at radius 2 is 1.91 bits per heavy atom. The van der Waals surface area contributed by atoms with Gasteiger partial charge >= 0.3 is 0 Å². The second-order valence-electron chi connectivity index (χ2n) is 5.15. The third-order valence-corrected chi connectivity index (χ3v) is 3.55. The van der Waals surface area contributed by atoms with E-state index in [4.69, 9.17) is 0 Å². The first kappa shape index (κ1) is 16.4. The second kappa shape index (κ2) is 7.35. The van der Waals surface area contributed by atoms with Crippen molar-refractivity contribution in [1.82, 2.24) is 0 Å². The predicted octanol–water partition coefficient (Wildman–Crippen LogP) is 4.27. The number of rotatable bonds is 6. The molecule has 0 bridgehead atoms. The summed E-state index contributed by atoms with van der Waals surface area (Å²) in [5, 5.41) is 13.7. The van der Waals surface area contributed by atoms with Crippen LogP contribution in [-0.2, 0) is 6.42 Å². The summed E-state index contributed by atoms with van der Waals surface area (Å²) in [6.45, 7) is 3.90. The van der Waals surface area contributed by atoms with Crippen molar-refractivity contribution in [3.63, 3.8) is 0 Å². The number of benzene rings is 2. The lowest BCUT2D eigenvalue weighted by molar-refractivity contribution is -0.384. The molecule has 2 rings (SSSR count). The molecule has 23 heavy (non-hydrogen) atoms. The Balaban J connectivity index is 2.07. The summed E-state index contributed by atoms with van der Waals surface area (Å²) in [5.74, 6) is -0.122. The minimum Gasteiger partial charge on any atom is -0.361 e. The van der Waals surface area contributed by atoms with E-state index in [0.717, 1.165) is 12.0 Å². The van der Waals surface area contributed by atoms with Gasteiger partial charge in [-0.1, -0.05) is 37.3 Å². The number of non-ortho nitro benzene ring substituents is 1. The molecule has 0 spiro atoms. The van der Waals surface area contributed by atoms with E-state index in [0.29, 0.717) is 11.3 Å². The summed E-state index contributed by atoms with van der Waals surface area (Å²) < 4.78 is 0.